The second-order valence-corrected chi connectivity index (χ2v) is 8.74. The molecule has 1 saturated heterocycles. The van der Waals surface area contributed by atoms with E-state index in [1.54, 1.807) is 28.2 Å². The molecule has 0 aromatic carbocycles. The minimum Gasteiger partial charge on any atom is -0.338 e. The SMILES string of the molecule is O=C(CCC1CCCC1)N1CCC[C@@H]1Cn1nc(-c2cccs2)ccc1=O. The van der Waals surface area contributed by atoms with Crippen LogP contribution in [0.15, 0.2) is 34.4 Å². The zero-order chi connectivity index (χ0) is 18.6. The van der Waals surface area contributed by atoms with Crippen molar-refractivity contribution < 1.29 is 4.79 Å². The first-order valence-corrected chi connectivity index (χ1v) is 11.0. The first-order chi connectivity index (χ1) is 13.2. The Hall–Kier alpha value is -1.95. The summed E-state index contributed by atoms with van der Waals surface area (Å²) in [6, 6.07) is 7.45. The highest BCUT2D eigenvalue weighted by atomic mass is 32.1. The summed E-state index contributed by atoms with van der Waals surface area (Å²) < 4.78 is 1.54. The fourth-order valence-corrected chi connectivity index (χ4v) is 5.15. The lowest BCUT2D eigenvalue weighted by Gasteiger charge is -2.25. The van der Waals surface area contributed by atoms with Crippen molar-refractivity contribution in [2.45, 2.75) is 64.0 Å². The molecule has 27 heavy (non-hydrogen) atoms. The topological polar surface area (TPSA) is 55.2 Å². The Morgan fingerprint density at radius 3 is 2.78 bits per heavy atom. The molecule has 144 valence electrons. The molecule has 2 fully saturated rings. The van der Waals surface area contributed by atoms with Gasteiger partial charge in [0.05, 0.1) is 17.5 Å². The van der Waals surface area contributed by atoms with Crippen LogP contribution >= 0.6 is 11.3 Å². The molecule has 2 aliphatic rings. The Morgan fingerprint density at radius 2 is 2.00 bits per heavy atom. The summed E-state index contributed by atoms with van der Waals surface area (Å²) in [5, 5.41) is 6.57. The second-order valence-electron chi connectivity index (χ2n) is 7.79. The third-order valence-electron chi connectivity index (χ3n) is 5.96. The van der Waals surface area contributed by atoms with Gasteiger partial charge < -0.3 is 4.90 Å². The molecule has 2 aromatic heterocycles. The molecule has 0 spiro atoms. The van der Waals surface area contributed by atoms with Gasteiger partial charge in [0, 0.05) is 19.0 Å². The maximum Gasteiger partial charge on any atom is 0.266 e. The van der Waals surface area contributed by atoms with Gasteiger partial charge in [-0.2, -0.15) is 5.10 Å². The predicted molar refractivity (Wildman–Crippen MR) is 108 cm³/mol. The molecule has 4 rings (SSSR count). The molecule has 0 bridgehead atoms. The Kier molecular flexibility index (Phi) is 5.72. The molecule has 5 nitrogen and oxygen atoms in total. The van der Waals surface area contributed by atoms with Gasteiger partial charge in [-0.15, -0.1) is 11.3 Å². The molecular weight excluding hydrogens is 358 g/mol. The van der Waals surface area contributed by atoms with E-state index in [2.05, 4.69) is 5.10 Å². The Morgan fingerprint density at radius 1 is 1.15 bits per heavy atom. The van der Waals surface area contributed by atoms with E-state index in [4.69, 9.17) is 0 Å². The Bertz CT molecular complexity index is 824. The Labute approximate surface area is 164 Å². The van der Waals surface area contributed by atoms with Crippen LogP contribution < -0.4 is 5.56 Å². The highest BCUT2D eigenvalue weighted by molar-refractivity contribution is 7.13. The number of aromatic nitrogens is 2. The van der Waals surface area contributed by atoms with Gasteiger partial charge in [-0.3, -0.25) is 9.59 Å². The van der Waals surface area contributed by atoms with E-state index >= 15 is 0 Å². The third kappa shape index (κ3) is 4.32. The number of carbonyl (C=O) groups is 1. The zero-order valence-corrected chi connectivity index (χ0v) is 16.5. The van der Waals surface area contributed by atoms with Crippen LogP contribution in [0.4, 0.5) is 0 Å². The molecule has 2 aromatic rings. The van der Waals surface area contributed by atoms with Crippen molar-refractivity contribution in [3.8, 4) is 10.6 Å². The molecule has 1 aliphatic carbocycles. The lowest BCUT2D eigenvalue weighted by atomic mass is 10.0. The van der Waals surface area contributed by atoms with Crippen LogP contribution in [0.1, 0.15) is 51.4 Å². The number of nitrogens with zero attached hydrogens (tertiary/aromatic N) is 3. The van der Waals surface area contributed by atoms with Crippen LogP contribution in [-0.2, 0) is 11.3 Å². The average molecular weight is 386 g/mol. The van der Waals surface area contributed by atoms with Gasteiger partial charge in [0.15, 0.2) is 0 Å². The maximum absolute atomic E-state index is 12.8. The molecule has 3 heterocycles. The smallest absolute Gasteiger partial charge is 0.266 e. The van der Waals surface area contributed by atoms with Gasteiger partial charge in [-0.25, -0.2) is 4.68 Å². The summed E-state index contributed by atoms with van der Waals surface area (Å²) in [5.74, 6) is 0.994. The monoisotopic (exact) mass is 385 g/mol. The van der Waals surface area contributed by atoms with Gasteiger partial charge >= 0.3 is 0 Å². The maximum atomic E-state index is 12.8. The minimum absolute atomic E-state index is 0.0878. The van der Waals surface area contributed by atoms with E-state index in [1.165, 1.54) is 25.7 Å². The van der Waals surface area contributed by atoms with Gasteiger partial charge in [-0.05, 0) is 42.7 Å². The first-order valence-electron chi connectivity index (χ1n) is 10.1. The predicted octanol–water partition coefficient (Wildman–Crippen LogP) is 3.93. The molecule has 0 radical (unpaired) electrons. The second kappa shape index (κ2) is 8.38. The lowest BCUT2D eigenvalue weighted by molar-refractivity contribution is -0.132. The van der Waals surface area contributed by atoms with E-state index in [9.17, 15) is 9.59 Å². The van der Waals surface area contributed by atoms with E-state index in [-0.39, 0.29) is 17.5 Å². The van der Waals surface area contributed by atoms with Crippen molar-refractivity contribution in [1.82, 2.24) is 14.7 Å². The van der Waals surface area contributed by atoms with Crippen molar-refractivity contribution in [1.29, 1.82) is 0 Å². The van der Waals surface area contributed by atoms with Crippen LogP contribution in [-0.4, -0.2) is 33.2 Å². The highest BCUT2D eigenvalue weighted by Gasteiger charge is 2.30. The zero-order valence-electron chi connectivity index (χ0n) is 15.7. The van der Waals surface area contributed by atoms with Crippen LogP contribution in [0.25, 0.3) is 10.6 Å². The molecule has 0 unspecified atom stereocenters. The molecule has 1 saturated carbocycles. The highest BCUT2D eigenvalue weighted by Crippen LogP contribution is 2.29. The van der Waals surface area contributed by atoms with Gasteiger partial charge in [-0.1, -0.05) is 31.7 Å². The van der Waals surface area contributed by atoms with Crippen LogP contribution in [0, 0.1) is 5.92 Å². The number of carbonyl (C=O) groups excluding carboxylic acids is 1. The summed E-state index contributed by atoms with van der Waals surface area (Å²) in [6.07, 6.45) is 8.84. The molecular formula is C21H27N3O2S. The average Bonchev–Trinajstić information content (AvgIpc) is 3.44. The van der Waals surface area contributed by atoms with Gasteiger partial charge in [0.25, 0.3) is 5.56 Å². The van der Waals surface area contributed by atoms with Crippen molar-refractivity contribution >= 4 is 17.2 Å². The van der Waals surface area contributed by atoms with E-state index in [0.29, 0.717) is 13.0 Å². The normalized spacial score (nSPS) is 20.4. The number of thiophene rings is 1. The number of likely N-dealkylation sites (tertiary alicyclic amines) is 1. The van der Waals surface area contributed by atoms with Gasteiger partial charge in [0.2, 0.25) is 5.91 Å². The number of hydrogen-bond acceptors (Lipinski definition) is 4. The van der Waals surface area contributed by atoms with Crippen LogP contribution in [0.5, 0.6) is 0 Å². The molecule has 1 atom stereocenters. The fourth-order valence-electron chi connectivity index (χ4n) is 4.46. The molecule has 6 heteroatoms. The van der Waals surface area contributed by atoms with E-state index < -0.39 is 0 Å². The van der Waals surface area contributed by atoms with Crippen molar-refractivity contribution in [3.05, 3.63) is 40.0 Å². The number of amides is 1. The molecule has 0 N–H and O–H groups in total. The summed E-state index contributed by atoms with van der Waals surface area (Å²) >= 11 is 1.61. The summed E-state index contributed by atoms with van der Waals surface area (Å²) in [7, 11) is 0. The standard InChI is InChI=1S/C21H27N3O2S/c25-20(11-9-16-5-1-2-6-16)23-13-3-7-17(23)15-24-21(26)12-10-18(22-24)19-8-4-14-27-19/h4,8,10,12,14,16-17H,1-3,5-7,9,11,13,15H2/t17-/m1/s1. The quantitative estimate of drug-likeness (QED) is 0.757. The lowest BCUT2D eigenvalue weighted by Crippen LogP contribution is -2.40. The first kappa shape index (κ1) is 18.4. The summed E-state index contributed by atoms with van der Waals surface area (Å²) in [5.41, 5.74) is 0.724. The molecule has 1 amide bonds. The summed E-state index contributed by atoms with van der Waals surface area (Å²) in [6.45, 7) is 1.31. The van der Waals surface area contributed by atoms with Gasteiger partial charge in [0.1, 0.15) is 5.69 Å². The van der Waals surface area contributed by atoms with Crippen molar-refractivity contribution in [2.75, 3.05) is 6.54 Å². The largest absolute Gasteiger partial charge is 0.338 e. The Balaban J connectivity index is 1.42. The number of rotatable bonds is 6. The minimum atomic E-state index is -0.0967. The third-order valence-corrected chi connectivity index (χ3v) is 6.85. The van der Waals surface area contributed by atoms with Crippen molar-refractivity contribution in [2.24, 2.45) is 5.92 Å². The number of hydrogen-bond donors (Lipinski definition) is 0. The van der Waals surface area contributed by atoms with E-state index in [1.807, 2.05) is 22.4 Å². The van der Waals surface area contributed by atoms with Crippen LogP contribution in [0.3, 0.4) is 0 Å². The summed E-state index contributed by atoms with van der Waals surface area (Å²) in [4.78, 5) is 28.1. The van der Waals surface area contributed by atoms with E-state index in [0.717, 1.165) is 42.3 Å². The van der Waals surface area contributed by atoms with Crippen molar-refractivity contribution in [3.63, 3.8) is 0 Å². The molecule has 1 aliphatic heterocycles. The van der Waals surface area contributed by atoms with Crippen LogP contribution in [0.2, 0.25) is 0 Å². The fraction of sp³-hybridized carbons (Fsp3) is 0.571.